The minimum atomic E-state index is -1.27. The number of hydrogen-bond donors (Lipinski definition) is 2. The van der Waals surface area contributed by atoms with Crippen LogP contribution in [0.2, 0.25) is 5.02 Å². The lowest BCUT2D eigenvalue weighted by molar-refractivity contribution is -0.134. The van der Waals surface area contributed by atoms with Crippen molar-refractivity contribution in [2.45, 2.75) is 20.5 Å². The van der Waals surface area contributed by atoms with Crippen molar-refractivity contribution >= 4 is 45.5 Å². The number of nitrogens with one attached hydrogen (secondary N) is 1. The summed E-state index contributed by atoms with van der Waals surface area (Å²) in [5, 5.41) is 11.8. The number of aliphatic carboxylic acids is 1. The third kappa shape index (κ3) is 6.00. The molecule has 0 fully saturated rings. The number of hydrogen-bond acceptors (Lipinski definition) is 4. The molecule has 0 spiro atoms. The number of carboxylic acids is 1. The Morgan fingerprint density at radius 2 is 1.96 bits per heavy atom. The van der Waals surface area contributed by atoms with E-state index in [0.29, 0.717) is 23.7 Å². The molecule has 2 aromatic rings. The second-order valence-electron chi connectivity index (χ2n) is 5.69. The SMILES string of the molecule is CCOc1cc(/C=C(/NC(C)=O)C(=O)O)cc(Cl)c1OCc1ccccc1Br. The summed E-state index contributed by atoms with van der Waals surface area (Å²) in [6.07, 6.45) is 1.30. The fourth-order valence-corrected chi connectivity index (χ4v) is 3.02. The maximum Gasteiger partial charge on any atom is 0.352 e. The molecule has 0 saturated heterocycles. The molecule has 6 nitrogen and oxygen atoms in total. The monoisotopic (exact) mass is 467 g/mol. The van der Waals surface area contributed by atoms with Crippen LogP contribution < -0.4 is 14.8 Å². The van der Waals surface area contributed by atoms with Gasteiger partial charge in [-0.25, -0.2) is 4.79 Å². The molecule has 0 atom stereocenters. The number of rotatable bonds is 8. The van der Waals surface area contributed by atoms with Gasteiger partial charge in [-0.3, -0.25) is 4.79 Å². The highest BCUT2D eigenvalue weighted by Crippen LogP contribution is 2.38. The Labute approximate surface area is 176 Å². The van der Waals surface area contributed by atoms with Crippen molar-refractivity contribution in [2.24, 2.45) is 0 Å². The van der Waals surface area contributed by atoms with Crippen LogP contribution in [0.15, 0.2) is 46.6 Å². The van der Waals surface area contributed by atoms with Gasteiger partial charge in [-0.1, -0.05) is 45.7 Å². The van der Waals surface area contributed by atoms with E-state index in [2.05, 4.69) is 21.2 Å². The lowest BCUT2D eigenvalue weighted by Crippen LogP contribution is -2.24. The molecule has 0 heterocycles. The summed E-state index contributed by atoms with van der Waals surface area (Å²) < 4.78 is 12.4. The summed E-state index contributed by atoms with van der Waals surface area (Å²) in [6, 6.07) is 10.8. The summed E-state index contributed by atoms with van der Waals surface area (Å²) in [4.78, 5) is 22.5. The normalized spacial score (nSPS) is 11.1. The topological polar surface area (TPSA) is 84.9 Å². The van der Waals surface area contributed by atoms with Gasteiger partial charge in [0.05, 0.1) is 11.6 Å². The molecule has 148 valence electrons. The number of amides is 1. The van der Waals surface area contributed by atoms with E-state index in [-0.39, 0.29) is 17.3 Å². The highest BCUT2D eigenvalue weighted by Gasteiger charge is 2.15. The Bertz CT molecular complexity index is 913. The minimum absolute atomic E-state index is 0.261. The fraction of sp³-hybridized carbons (Fsp3) is 0.200. The number of carbonyl (C=O) groups excluding carboxylic acids is 1. The first-order chi connectivity index (χ1) is 13.3. The molecule has 0 aliphatic heterocycles. The third-order valence-electron chi connectivity index (χ3n) is 3.51. The molecular formula is C20H19BrClNO5. The van der Waals surface area contributed by atoms with Gasteiger partial charge in [0, 0.05) is 17.0 Å². The Morgan fingerprint density at radius 3 is 2.57 bits per heavy atom. The number of carbonyl (C=O) groups is 2. The van der Waals surface area contributed by atoms with Crippen molar-refractivity contribution in [3.05, 3.63) is 62.7 Å². The summed E-state index contributed by atoms with van der Waals surface area (Å²) >= 11 is 9.83. The number of carboxylic acid groups (broad SMARTS) is 1. The van der Waals surface area contributed by atoms with Crippen LogP contribution in [0.1, 0.15) is 25.0 Å². The van der Waals surface area contributed by atoms with Crippen LogP contribution in [-0.2, 0) is 16.2 Å². The first-order valence-electron chi connectivity index (χ1n) is 8.37. The van der Waals surface area contributed by atoms with Crippen molar-refractivity contribution in [3.8, 4) is 11.5 Å². The van der Waals surface area contributed by atoms with Gasteiger partial charge in [-0.2, -0.15) is 0 Å². The van der Waals surface area contributed by atoms with Gasteiger partial charge >= 0.3 is 5.97 Å². The molecule has 2 rings (SSSR count). The Kier molecular flexibility index (Phi) is 7.90. The lowest BCUT2D eigenvalue weighted by Gasteiger charge is -2.15. The first-order valence-corrected chi connectivity index (χ1v) is 9.54. The van der Waals surface area contributed by atoms with Crippen LogP contribution in [0.5, 0.6) is 11.5 Å². The summed E-state index contributed by atoms with van der Waals surface area (Å²) in [5.41, 5.74) is 1.12. The van der Waals surface area contributed by atoms with Crippen molar-refractivity contribution in [1.29, 1.82) is 0 Å². The average molecular weight is 469 g/mol. The van der Waals surface area contributed by atoms with E-state index in [4.69, 9.17) is 21.1 Å². The standard InChI is InChI=1S/C20H19BrClNO5/c1-3-27-18-10-13(9-17(20(25)26)23-12(2)24)8-16(22)19(18)28-11-14-6-4-5-7-15(14)21/h4-10H,3,11H2,1-2H3,(H,23,24)(H,25,26)/b17-9+. The van der Waals surface area contributed by atoms with Gasteiger partial charge in [0.1, 0.15) is 12.3 Å². The van der Waals surface area contributed by atoms with Gasteiger partial charge in [0.25, 0.3) is 0 Å². The average Bonchev–Trinajstić information content (AvgIpc) is 2.61. The third-order valence-corrected chi connectivity index (χ3v) is 4.57. The van der Waals surface area contributed by atoms with Crippen molar-refractivity contribution in [1.82, 2.24) is 5.32 Å². The van der Waals surface area contributed by atoms with E-state index in [1.54, 1.807) is 12.1 Å². The van der Waals surface area contributed by atoms with Crippen molar-refractivity contribution in [2.75, 3.05) is 6.61 Å². The largest absolute Gasteiger partial charge is 0.490 e. The Balaban J connectivity index is 2.36. The second-order valence-corrected chi connectivity index (χ2v) is 6.95. The van der Waals surface area contributed by atoms with Crippen molar-refractivity contribution in [3.63, 3.8) is 0 Å². The van der Waals surface area contributed by atoms with Gasteiger partial charge in [0.2, 0.25) is 5.91 Å². The summed E-state index contributed by atoms with van der Waals surface area (Å²) in [6.45, 7) is 3.68. The van der Waals surface area contributed by atoms with E-state index >= 15 is 0 Å². The van der Waals surface area contributed by atoms with Crippen LogP contribution in [0, 0.1) is 0 Å². The number of halogens is 2. The zero-order valence-electron chi connectivity index (χ0n) is 15.3. The summed E-state index contributed by atoms with van der Waals surface area (Å²) in [7, 11) is 0. The molecule has 0 radical (unpaired) electrons. The molecule has 28 heavy (non-hydrogen) atoms. The van der Waals surface area contributed by atoms with Gasteiger partial charge in [-0.15, -0.1) is 0 Å². The van der Waals surface area contributed by atoms with E-state index in [9.17, 15) is 14.7 Å². The summed E-state index contributed by atoms with van der Waals surface area (Å²) in [5.74, 6) is -1.02. The quantitative estimate of drug-likeness (QED) is 0.551. The molecule has 0 bridgehead atoms. The number of ether oxygens (including phenoxy) is 2. The molecule has 8 heteroatoms. The van der Waals surface area contributed by atoms with Gasteiger partial charge < -0.3 is 19.9 Å². The fourth-order valence-electron chi connectivity index (χ4n) is 2.35. The first kappa shape index (κ1) is 21.8. The molecule has 1 amide bonds. The minimum Gasteiger partial charge on any atom is -0.490 e. The molecule has 2 aromatic carbocycles. The molecule has 0 aliphatic carbocycles. The highest BCUT2D eigenvalue weighted by molar-refractivity contribution is 9.10. The molecule has 0 aromatic heterocycles. The van der Waals surface area contributed by atoms with Crippen LogP contribution in [0.4, 0.5) is 0 Å². The zero-order valence-corrected chi connectivity index (χ0v) is 17.6. The molecule has 0 aliphatic rings. The predicted molar refractivity (Wildman–Crippen MR) is 111 cm³/mol. The molecular weight excluding hydrogens is 450 g/mol. The van der Waals surface area contributed by atoms with E-state index in [1.807, 2.05) is 31.2 Å². The molecule has 0 unspecified atom stereocenters. The van der Waals surface area contributed by atoms with Crippen LogP contribution in [0.3, 0.4) is 0 Å². The second kappa shape index (κ2) is 10.1. The Hall–Kier alpha value is -2.51. The number of benzene rings is 2. The maximum atomic E-state index is 11.3. The van der Waals surface area contributed by atoms with Gasteiger partial charge in [0.15, 0.2) is 11.5 Å². The predicted octanol–water partition coefficient (Wildman–Crippen LogP) is 4.64. The van der Waals surface area contributed by atoms with Crippen molar-refractivity contribution < 1.29 is 24.2 Å². The van der Waals surface area contributed by atoms with Crippen LogP contribution in [-0.4, -0.2) is 23.6 Å². The maximum absolute atomic E-state index is 11.3. The highest BCUT2D eigenvalue weighted by atomic mass is 79.9. The van der Waals surface area contributed by atoms with Gasteiger partial charge in [-0.05, 0) is 36.8 Å². The van der Waals surface area contributed by atoms with Crippen LogP contribution >= 0.6 is 27.5 Å². The zero-order chi connectivity index (χ0) is 20.7. The van der Waals surface area contributed by atoms with Crippen LogP contribution in [0.25, 0.3) is 6.08 Å². The smallest absolute Gasteiger partial charge is 0.352 e. The molecule has 2 N–H and O–H groups in total. The Morgan fingerprint density at radius 1 is 1.25 bits per heavy atom. The van der Waals surface area contributed by atoms with E-state index in [0.717, 1.165) is 10.0 Å². The molecule has 0 saturated carbocycles. The lowest BCUT2D eigenvalue weighted by atomic mass is 10.1. The van der Waals surface area contributed by atoms with E-state index < -0.39 is 11.9 Å². The van der Waals surface area contributed by atoms with E-state index in [1.165, 1.54) is 13.0 Å².